The van der Waals surface area contributed by atoms with Gasteiger partial charge in [0.25, 0.3) is 0 Å². The fourth-order valence-corrected chi connectivity index (χ4v) is 2.17. The van der Waals surface area contributed by atoms with E-state index in [4.69, 9.17) is 14.7 Å². The lowest BCUT2D eigenvalue weighted by Crippen LogP contribution is -2.21. The highest BCUT2D eigenvalue weighted by atomic mass is 16.5. The molecule has 0 aromatic heterocycles. The lowest BCUT2D eigenvalue weighted by atomic mass is 9.96. The average molecular weight is 249 g/mol. The van der Waals surface area contributed by atoms with Crippen LogP contribution in [0.5, 0.6) is 5.75 Å². The molecule has 0 unspecified atom stereocenters. The maximum absolute atomic E-state index is 8.68. The lowest BCUT2D eigenvalue weighted by molar-refractivity contribution is 0.0276. The lowest BCUT2D eigenvalue weighted by Gasteiger charge is -2.22. The van der Waals surface area contributed by atoms with Crippen LogP contribution in [0, 0.1) is 0 Å². The zero-order valence-corrected chi connectivity index (χ0v) is 10.6. The standard InChI is InChI=1S/C14H19NO3/c1-17-14-4-2-3-11(9-14)10-18-13-7-5-12(15-16)6-8-13/h2-4,9,13,16H,5-8,10H2,1H3. The maximum atomic E-state index is 8.68. The molecular weight excluding hydrogens is 230 g/mol. The van der Waals surface area contributed by atoms with Crippen LogP contribution >= 0.6 is 0 Å². The summed E-state index contributed by atoms with van der Waals surface area (Å²) in [6, 6.07) is 7.92. The molecule has 1 N–H and O–H groups in total. The molecule has 1 saturated carbocycles. The van der Waals surface area contributed by atoms with Crippen molar-refractivity contribution in [3.05, 3.63) is 29.8 Å². The summed E-state index contributed by atoms with van der Waals surface area (Å²) in [7, 11) is 1.66. The van der Waals surface area contributed by atoms with Gasteiger partial charge in [0.15, 0.2) is 0 Å². The van der Waals surface area contributed by atoms with Gasteiger partial charge in [-0.2, -0.15) is 0 Å². The molecule has 1 aliphatic rings. The monoisotopic (exact) mass is 249 g/mol. The van der Waals surface area contributed by atoms with Crippen LogP contribution in [0.25, 0.3) is 0 Å². The summed E-state index contributed by atoms with van der Waals surface area (Å²) in [4.78, 5) is 0. The molecule has 0 amide bonds. The average Bonchev–Trinajstić information content (AvgIpc) is 2.46. The summed E-state index contributed by atoms with van der Waals surface area (Å²) < 4.78 is 11.0. The maximum Gasteiger partial charge on any atom is 0.119 e. The molecule has 1 fully saturated rings. The molecule has 98 valence electrons. The molecule has 2 rings (SSSR count). The van der Waals surface area contributed by atoms with E-state index >= 15 is 0 Å². The molecule has 4 nitrogen and oxygen atoms in total. The molecule has 0 spiro atoms. The molecule has 0 aliphatic heterocycles. The van der Waals surface area contributed by atoms with Gasteiger partial charge < -0.3 is 14.7 Å². The fourth-order valence-electron chi connectivity index (χ4n) is 2.17. The Balaban J connectivity index is 1.81. The number of hydrogen-bond acceptors (Lipinski definition) is 4. The van der Waals surface area contributed by atoms with Crippen molar-refractivity contribution in [2.45, 2.75) is 38.4 Å². The Morgan fingerprint density at radius 3 is 2.78 bits per heavy atom. The molecular formula is C14H19NO3. The molecule has 0 bridgehead atoms. The first-order valence-electron chi connectivity index (χ1n) is 6.26. The van der Waals surface area contributed by atoms with Crippen LogP contribution in [-0.4, -0.2) is 24.1 Å². The van der Waals surface area contributed by atoms with Gasteiger partial charge >= 0.3 is 0 Å². The molecule has 0 heterocycles. The number of hydrogen-bond donors (Lipinski definition) is 1. The molecule has 4 heteroatoms. The van der Waals surface area contributed by atoms with E-state index in [1.54, 1.807) is 7.11 Å². The van der Waals surface area contributed by atoms with E-state index < -0.39 is 0 Å². The Kier molecular flexibility index (Phi) is 4.59. The van der Waals surface area contributed by atoms with Crippen LogP contribution in [0.3, 0.4) is 0 Å². The smallest absolute Gasteiger partial charge is 0.119 e. The summed E-state index contributed by atoms with van der Waals surface area (Å²) in [5.41, 5.74) is 2.01. The third-order valence-electron chi connectivity index (χ3n) is 3.27. The van der Waals surface area contributed by atoms with Crippen molar-refractivity contribution in [3.63, 3.8) is 0 Å². The highest BCUT2D eigenvalue weighted by Gasteiger charge is 2.18. The summed E-state index contributed by atoms with van der Waals surface area (Å²) in [6.07, 6.45) is 3.80. The van der Waals surface area contributed by atoms with E-state index in [9.17, 15) is 0 Å². The Bertz CT molecular complexity index is 407. The number of benzene rings is 1. The third-order valence-corrected chi connectivity index (χ3v) is 3.27. The van der Waals surface area contributed by atoms with Crippen molar-refractivity contribution in [1.82, 2.24) is 0 Å². The minimum Gasteiger partial charge on any atom is -0.497 e. The van der Waals surface area contributed by atoms with Crippen LogP contribution in [0.1, 0.15) is 31.2 Å². The first-order chi connectivity index (χ1) is 8.81. The zero-order valence-electron chi connectivity index (χ0n) is 10.6. The number of methoxy groups -OCH3 is 1. The second kappa shape index (κ2) is 6.40. The molecule has 1 aromatic rings. The largest absolute Gasteiger partial charge is 0.497 e. The summed E-state index contributed by atoms with van der Waals surface area (Å²) in [6.45, 7) is 0.605. The van der Waals surface area contributed by atoms with Crippen molar-refractivity contribution in [3.8, 4) is 5.75 Å². The van der Waals surface area contributed by atoms with Crippen molar-refractivity contribution >= 4 is 5.71 Å². The fraction of sp³-hybridized carbons (Fsp3) is 0.500. The molecule has 1 aliphatic carbocycles. The van der Waals surface area contributed by atoms with Gasteiger partial charge in [0.05, 0.1) is 25.5 Å². The first kappa shape index (κ1) is 12.9. The van der Waals surface area contributed by atoms with Gasteiger partial charge in [-0.1, -0.05) is 17.3 Å². The summed E-state index contributed by atoms with van der Waals surface area (Å²) in [5.74, 6) is 0.856. The van der Waals surface area contributed by atoms with Crippen LogP contribution in [0.15, 0.2) is 29.4 Å². The highest BCUT2D eigenvalue weighted by molar-refractivity contribution is 5.84. The highest BCUT2D eigenvalue weighted by Crippen LogP contribution is 2.21. The molecule has 1 aromatic carbocycles. The first-order valence-corrected chi connectivity index (χ1v) is 6.26. The van der Waals surface area contributed by atoms with Crippen molar-refractivity contribution in [1.29, 1.82) is 0 Å². The summed E-state index contributed by atoms with van der Waals surface area (Å²) >= 11 is 0. The Morgan fingerprint density at radius 1 is 1.33 bits per heavy atom. The SMILES string of the molecule is COc1cccc(COC2CCC(=NO)CC2)c1. The van der Waals surface area contributed by atoms with Gasteiger partial charge in [-0.05, 0) is 43.4 Å². The van der Waals surface area contributed by atoms with Gasteiger partial charge in [0, 0.05) is 0 Å². The van der Waals surface area contributed by atoms with Crippen molar-refractivity contribution in [2.75, 3.05) is 7.11 Å². The van der Waals surface area contributed by atoms with E-state index in [0.717, 1.165) is 42.7 Å². The molecule has 0 radical (unpaired) electrons. The Hall–Kier alpha value is -1.55. The van der Waals surface area contributed by atoms with E-state index in [-0.39, 0.29) is 6.10 Å². The van der Waals surface area contributed by atoms with Crippen LogP contribution < -0.4 is 4.74 Å². The normalized spacial score (nSPS) is 19.6. The van der Waals surface area contributed by atoms with Crippen LogP contribution in [-0.2, 0) is 11.3 Å². The zero-order chi connectivity index (χ0) is 12.8. The second-order valence-electron chi connectivity index (χ2n) is 4.53. The second-order valence-corrected chi connectivity index (χ2v) is 4.53. The van der Waals surface area contributed by atoms with Crippen molar-refractivity contribution in [2.24, 2.45) is 5.16 Å². The number of nitrogens with zero attached hydrogens (tertiary/aromatic N) is 1. The minimum absolute atomic E-state index is 0.265. The topological polar surface area (TPSA) is 51.0 Å². The predicted molar refractivity (Wildman–Crippen MR) is 69.3 cm³/mol. The van der Waals surface area contributed by atoms with Crippen LogP contribution in [0.2, 0.25) is 0 Å². The van der Waals surface area contributed by atoms with Gasteiger partial charge in [-0.25, -0.2) is 0 Å². The van der Waals surface area contributed by atoms with E-state index in [2.05, 4.69) is 5.16 Å². The van der Waals surface area contributed by atoms with Gasteiger partial charge in [-0.15, -0.1) is 0 Å². The van der Waals surface area contributed by atoms with Gasteiger partial charge in [0.1, 0.15) is 5.75 Å². The minimum atomic E-state index is 0.265. The number of ether oxygens (including phenoxy) is 2. The number of oxime groups is 1. The molecule has 0 atom stereocenters. The third kappa shape index (κ3) is 3.47. The molecule has 0 saturated heterocycles. The van der Waals surface area contributed by atoms with Gasteiger partial charge in [-0.3, -0.25) is 0 Å². The van der Waals surface area contributed by atoms with Crippen LogP contribution in [0.4, 0.5) is 0 Å². The predicted octanol–water partition coefficient (Wildman–Crippen LogP) is 2.98. The summed E-state index contributed by atoms with van der Waals surface area (Å²) in [5, 5.41) is 11.9. The number of rotatable bonds is 4. The molecule has 18 heavy (non-hydrogen) atoms. The van der Waals surface area contributed by atoms with E-state index in [1.165, 1.54) is 0 Å². The quantitative estimate of drug-likeness (QED) is 0.659. The Morgan fingerprint density at radius 2 is 2.11 bits per heavy atom. The van der Waals surface area contributed by atoms with E-state index in [0.29, 0.717) is 6.61 Å². The van der Waals surface area contributed by atoms with E-state index in [1.807, 2.05) is 24.3 Å². The van der Waals surface area contributed by atoms with Gasteiger partial charge in [0.2, 0.25) is 0 Å². The Labute approximate surface area is 107 Å². The van der Waals surface area contributed by atoms with Crippen molar-refractivity contribution < 1.29 is 14.7 Å².